The fourth-order valence-corrected chi connectivity index (χ4v) is 5.76. The van der Waals surface area contributed by atoms with Gasteiger partial charge in [-0.3, -0.25) is 9.69 Å². The molecule has 6 rings (SSSR count). The topological polar surface area (TPSA) is 100 Å². The Kier molecular flexibility index (Phi) is 5.91. The van der Waals surface area contributed by atoms with Gasteiger partial charge in [-0.15, -0.1) is 0 Å². The molecule has 3 aromatic rings. The Morgan fingerprint density at radius 1 is 1.00 bits per heavy atom. The van der Waals surface area contributed by atoms with Crippen molar-refractivity contribution in [1.82, 2.24) is 9.97 Å². The molecule has 1 aromatic heterocycles. The van der Waals surface area contributed by atoms with Gasteiger partial charge in [0.15, 0.2) is 16.8 Å². The Hall–Kier alpha value is -3.11. The van der Waals surface area contributed by atoms with Crippen molar-refractivity contribution in [3.8, 4) is 0 Å². The summed E-state index contributed by atoms with van der Waals surface area (Å²) < 4.78 is -1.90. The SMILES string of the molecule is CC1=NN(c2ccccc2)C(=O)C1C1=CSC2=NC(c3ccccc3)c3c(N)nc(C(Cl)(Cl)Cl)nc3N12. The Balaban J connectivity index is 1.48. The summed E-state index contributed by atoms with van der Waals surface area (Å²) in [5, 5.41) is 8.49. The maximum atomic E-state index is 13.6. The molecule has 0 saturated carbocycles. The fourth-order valence-electron chi connectivity index (χ4n) is 4.57. The first-order valence-corrected chi connectivity index (χ1v) is 13.2. The molecule has 1 amide bonds. The van der Waals surface area contributed by atoms with Gasteiger partial charge in [0, 0.05) is 5.41 Å². The molecule has 2 N–H and O–H groups in total. The largest absolute Gasteiger partial charge is 0.383 e. The number of fused-ring (bicyclic) bond motifs is 3. The number of halogens is 3. The Morgan fingerprint density at radius 2 is 1.68 bits per heavy atom. The van der Waals surface area contributed by atoms with Gasteiger partial charge in [-0.1, -0.05) is 95.1 Å². The van der Waals surface area contributed by atoms with Crippen LogP contribution in [-0.4, -0.2) is 26.8 Å². The molecule has 186 valence electrons. The second-order valence-electron chi connectivity index (χ2n) is 8.55. The highest BCUT2D eigenvalue weighted by Crippen LogP contribution is 2.49. The number of nitrogen functional groups attached to an aromatic ring is 1. The number of rotatable bonds is 3. The number of thioether (sulfide) groups is 1. The highest BCUT2D eigenvalue weighted by molar-refractivity contribution is 8.17. The highest BCUT2D eigenvalue weighted by Gasteiger charge is 2.46. The van der Waals surface area contributed by atoms with E-state index in [4.69, 9.17) is 45.5 Å². The number of carbonyl (C=O) groups excluding carboxylic acids is 1. The molecule has 4 heterocycles. The molecule has 0 aliphatic carbocycles. The summed E-state index contributed by atoms with van der Waals surface area (Å²) in [6, 6.07) is 18.5. The molecule has 0 spiro atoms. The number of carbonyl (C=O) groups is 1. The molecule has 3 aliphatic rings. The lowest BCUT2D eigenvalue weighted by Gasteiger charge is -2.33. The van der Waals surface area contributed by atoms with Crippen LogP contribution in [0.25, 0.3) is 0 Å². The van der Waals surface area contributed by atoms with Gasteiger partial charge in [-0.25, -0.2) is 15.0 Å². The van der Waals surface area contributed by atoms with E-state index in [0.717, 1.165) is 5.56 Å². The number of aliphatic imine (C=N–C) groups is 1. The van der Waals surface area contributed by atoms with Crippen molar-refractivity contribution in [3.05, 3.63) is 88.7 Å². The first-order chi connectivity index (χ1) is 17.7. The summed E-state index contributed by atoms with van der Waals surface area (Å²) >= 11 is 19.9. The van der Waals surface area contributed by atoms with E-state index < -0.39 is 15.8 Å². The van der Waals surface area contributed by atoms with Gasteiger partial charge >= 0.3 is 0 Å². The van der Waals surface area contributed by atoms with Crippen LogP contribution in [0.15, 0.2) is 81.9 Å². The first-order valence-electron chi connectivity index (χ1n) is 11.2. The number of anilines is 3. The van der Waals surface area contributed by atoms with E-state index >= 15 is 0 Å². The molecule has 0 saturated heterocycles. The number of benzene rings is 2. The summed E-state index contributed by atoms with van der Waals surface area (Å²) in [5.74, 6) is -0.343. The number of nitrogens with zero attached hydrogens (tertiary/aromatic N) is 6. The summed E-state index contributed by atoms with van der Waals surface area (Å²) in [4.78, 5) is 29.4. The minimum Gasteiger partial charge on any atom is -0.383 e. The van der Waals surface area contributed by atoms with Crippen molar-refractivity contribution in [1.29, 1.82) is 0 Å². The molecule has 3 aliphatic heterocycles. The van der Waals surface area contributed by atoms with Crippen LogP contribution in [0.3, 0.4) is 0 Å². The van der Waals surface area contributed by atoms with Crippen LogP contribution >= 0.6 is 46.6 Å². The average molecular weight is 571 g/mol. The third-order valence-electron chi connectivity index (χ3n) is 6.21. The molecule has 2 aromatic carbocycles. The summed E-state index contributed by atoms with van der Waals surface area (Å²) in [6.45, 7) is 1.82. The number of hydrogen-bond donors (Lipinski definition) is 1. The lowest BCUT2D eigenvalue weighted by atomic mass is 9.96. The van der Waals surface area contributed by atoms with Crippen LogP contribution in [0.5, 0.6) is 0 Å². The van der Waals surface area contributed by atoms with Crippen molar-refractivity contribution in [3.63, 3.8) is 0 Å². The minimum atomic E-state index is -1.90. The van der Waals surface area contributed by atoms with E-state index in [1.54, 1.807) is 4.90 Å². The van der Waals surface area contributed by atoms with E-state index in [-0.39, 0.29) is 17.5 Å². The van der Waals surface area contributed by atoms with Crippen molar-refractivity contribution < 1.29 is 4.79 Å². The number of amides is 1. The molecule has 37 heavy (non-hydrogen) atoms. The zero-order valence-electron chi connectivity index (χ0n) is 19.2. The third kappa shape index (κ3) is 4.06. The minimum absolute atomic E-state index is 0.0629. The molecular weight excluding hydrogens is 553 g/mol. The molecule has 0 radical (unpaired) electrons. The van der Waals surface area contributed by atoms with Gasteiger partial charge in [0.2, 0.25) is 3.79 Å². The quantitative estimate of drug-likeness (QED) is 0.401. The van der Waals surface area contributed by atoms with Gasteiger partial charge in [0.25, 0.3) is 5.91 Å². The molecule has 0 fully saturated rings. The maximum Gasteiger partial charge on any atom is 0.262 e. The van der Waals surface area contributed by atoms with E-state index in [9.17, 15) is 4.79 Å². The monoisotopic (exact) mass is 569 g/mol. The standard InChI is InChI=1S/C25H18Cl3N7OS/c1-13-17(22(36)35(33-13)15-10-6-3-7-11-15)16-12-37-24-30-19(14-8-4-2-5-9-14)18-20(29)31-23(25(26,27)28)32-21(18)34(16)24/h2-12,17,19H,1H3,(H2,29,31,32). The van der Waals surface area contributed by atoms with Crippen molar-refractivity contribution in [2.45, 2.75) is 16.8 Å². The van der Waals surface area contributed by atoms with Crippen LogP contribution in [0.1, 0.15) is 29.9 Å². The number of alkyl halides is 3. The van der Waals surface area contributed by atoms with Crippen LogP contribution < -0.4 is 15.6 Å². The van der Waals surface area contributed by atoms with Crippen molar-refractivity contribution in [2.75, 3.05) is 15.6 Å². The number of amidine groups is 1. The van der Waals surface area contributed by atoms with Crippen LogP contribution in [0.2, 0.25) is 0 Å². The predicted octanol–water partition coefficient (Wildman–Crippen LogP) is 5.78. The number of hydrazone groups is 1. The van der Waals surface area contributed by atoms with Crippen molar-refractivity contribution in [2.24, 2.45) is 16.0 Å². The zero-order chi connectivity index (χ0) is 25.9. The van der Waals surface area contributed by atoms with E-state index in [0.29, 0.717) is 33.6 Å². The normalized spacial score (nSPS) is 20.9. The Labute approximate surface area is 231 Å². The predicted molar refractivity (Wildman–Crippen MR) is 150 cm³/mol. The smallest absolute Gasteiger partial charge is 0.262 e. The van der Waals surface area contributed by atoms with Gasteiger partial charge in [-0.2, -0.15) is 10.1 Å². The highest BCUT2D eigenvalue weighted by atomic mass is 35.6. The van der Waals surface area contributed by atoms with Gasteiger partial charge in [0.1, 0.15) is 17.8 Å². The van der Waals surface area contributed by atoms with E-state index in [1.165, 1.54) is 16.8 Å². The van der Waals surface area contributed by atoms with Gasteiger partial charge in [0.05, 0.1) is 22.7 Å². The van der Waals surface area contributed by atoms with Gasteiger partial charge < -0.3 is 5.73 Å². The summed E-state index contributed by atoms with van der Waals surface area (Å²) in [6.07, 6.45) is 0. The van der Waals surface area contributed by atoms with Crippen LogP contribution in [-0.2, 0) is 8.59 Å². The number of hydrogen-bond acceptors (Lipinski definition) is 8. The van der Waals surface area contributed by atoms with E-state index in [2.05, 4.69) is 15.1 Å². The summed E-state index contributed by atoms with van der Waals surface area (Å²) in [5.41, 5.74) is 9.90. The number of para-hydroxylation sites is 1. The van der Waals surface area contributed by atoms with Crippen molar-refractivity contribution >= 4 is 80.7 Å². The maximum absolute atomic E-state index is 13.6. The van der Waals surface area contributed by atoms with Crippen LogP contribution in [0, 0.1) is 5.92 Å². The number of nitrogens with two attached hydrogens (primary N) is 1. The fraction of sp³-hybridized carbons (Fsp3) is 0.160. The van der Waals surface area contributed by atoms with E-state index in [1.807, 2.05) is 73.0 Å². The lowest BCUT2D eigenvalue weighted by molar-refractivity contribution is -0.119. The second-order valence-corrected chi connectivity index (χ2v) is 11.7. The molecule has 8 nitrogen and oxygen atoms in total. The molecule has 2 atom stereocenters. The molecular formula is C25H18Cl3N7OS. The first kappa shape index (κ1) is 24.2. The van der Waals surface area contributed by atoms with Gasteiger partial charge in [-0.05, 0) is 24.6 Å². The molecule has 12 heteroatoms. The molecule has 2 unspecified atom stereocenters. The third-order valence-corrected chi connectivity index (χ3v) is 7.58. The number of aromatic nitrogens is 2. The summed E-state index contributed by atoms with van der Waals surface area (Å²) in [7, 11) is 0. The molecule has 0 bridgehead atoms. The second kappa shape index (κ2) is 9.02. The average Bonchev–Trinajstić information content (AvgIpc) is 3.43. The van der Waals surface area contributed by atoms with Crippen LogP contribution in [0.4, 0.5) is 17.3 Å². The zero-order valence-corrected chi connectivity index (χ0v) is 22.3. The Bertz CT molecular complexity index is 1510. The lowest BCUT2D eigenvalue weighted by Crippen LogP contribution is -2.39. The Morgan fingerprint density at radius 3 is 2.35 bits per heavy atom.